The van der Waals surface area contributed by atoms with Crippen LogP contribution in [0.5, 0.6) is 0 Å². The molecule has 2 unspecified atom stereocenters. The first-order chi connectivity index (χ1) is 10.0. The van der Waals surface area contributed by atoms with Crippen LogP contribution in [0.1, 0.15) is 36.0 Å². The molecule has 1 aromatic rings. The van der Waals surface area contributed by atoms with E-state index in [1.165, 1.54) is 18.2 Å². The fourth-order valence-corrected chi connectivity index (χ4v) is 3.27. The highest BCUT2D eigenvalue weighted by Gasteiger charge is 2.26. The maximum atomic E-state index is 12.3. The number of carbonyl (C=O) groups excluding carboxylic acids is 1. The van der Waals surface area contributed by atoms with Gasteiger partial charge in [-0.3, -0.25) is 14.9 Å². The van der Waals surface area contributed by atoms with Crippen LogP contribution < -0.4 is 11.1 Å². The second kappa shape index (κ2) is 7.00. The Morgan fingerprint density at radius 3 is 2.76 bits per heavy atom. The summed E-state index contributed by atoms with van der Waals surface area (Å²) in [6.07, 6.45) is 4.19. The summed E-state index contributed by atoms with van der Waals surface area (Å²) in [5, 5.41) is 13.7. The summed E-state index contributed by atoms with van der Waals surface area (Å²) in [7, 11) is 0. The van der Waals surface area contributed by atoms with Crippen LogP contribution >= 0.6 is 15.9 Å². The summed E-state index contributed by atoms with van der Waals surface area (Å²) in [4.78, 5) is 22.5. The quantitative estimate of drug-likeness (QED) is 0.640. The van der Waals surface area contributed by atoms with Gasteiger partial charge in [-0.05, 0) is 47.3 Å². The third-order valence-electron chi connectivity index (χ3n) is 3.94. The molecule has 1 aromatic carbocycles. The second-order valence-corrected chi connectivity index (χ2v) is 6.14. The molecule has 1 saturated carbocycles. The predicted octanol–water partition coefficient (Wildman–Crippen LogP) is 2.60. The SMILES string of the molecule is NCC1CCCCC1NC(=O)c1ccc([N+](=O)[O-])cc1Br. The number of benzene rings is 1. The van der Waals surface area contributed by atoms with Crippen molar-refractivity contribution in [2.24, 2.45) is 11.7 Å². The van der Waals surface area contributed by atoms with Crippen molar-refractivity contribution >= 4 is 27.5 Å². The average Bonchev–Trinajstić information content (AvgIpc) is 2.47. The largest absolute Gasteiger partial charge is 0.349 e. The van der Waals surface area contributed by atoms with Gasteiger partial charge in [-0.2, -0.15) is 0 Å². The van der Waals surface area contributed by atoms with E-state index in [1.54, 1.807) is 0 Å². The van der Waals surface area contributed by atoms with Crippen molar-refractivity contribution < 1.29 is 9.72 Å². The van der Waals surface area contributed by atoms with Crippen molar-refractivity contribution in [2.75, 3.05) is 6.54 Å². The Morgan fingerprint density at radius 2 is 2.14 bits per heavy atom. The van der Waals surface area contributed by atoms with E-state index in [1.807, 2.05) is 0 Å². The number of non-ortho nitro benzene ring substituents is 1. The summed E-state index contributed by atoms with van der Waals surface area (Å²) in [5.41, 5.74) is 6.11. The highest BCUT2D eigenvalue weighted by atomic mass is 79.9. The van der Waals surface area contributed by atoms with Crippen LogP contribution in [-0.4, -0.2) is 23.4 Å². The molecule has 1 amide bonds. The number of nitro benzene ring substituents is 1. The smallest absolute Gasteiger partial charge is 0.270 e. The lowest BCUT2D eigenvalue weighted by molar-refractivity contribution is -0.384. The van der Waals surface area contributed by atoms with Gasteiger partial charge in [-0.1, -0.05) is 12.8 Å². The fraction of sp³-hybridized carbons (Fsp3) is 0.500. The molecule has 1 aliphatic carbocycles. The van der Waals surface area contributed by atoms with Crippen LogP contribution in [0.3, 0.4) is 0 Å². The molecule has 1 aliphatic rings. The van der Waals surface area contributed by atoms with Crippen molar-refractivity contribution in [1.29, 1.82) is 0 Å². The molecule has 1 fully saturated rings. The van der Waals surface area contributed by atoms with Gasteiger partial charge in [0.15, 0.2) is 0 Å². The van der Waals surface area contributed by atoms with E-state index < -0.39 is 4.92 Å². The van der Waals surface area contributed by atoms with Gasteiger partial charge >= 0.3 is 0 Å². The molecule has 0 heterocycles. The maximum absolute atomic E-state index is 12.3. The molecule has 0 aliphatic heterocycles. The number of nitrogens with zero attached hydrogens (tertiary/aromatic N) is 1. The lowest BCUT2D eigenvalue weighted by atomic mass is 9.84. The second-order valence-electron chi connectivity index (χ2n) is 5.28. The molecule has 0 bridgehead atoms. The number of nitrogens with two attached hydrogens (primary N) is 1. The zero-order valence-electron chi connectivity index (χ0n) is 11.5. The number of rotatable bonds is 4. The van der Waals surface area contributed by atoms with Gasteiger partial charge in [0.2, 0.25) is 0 Å². The minimum absolute atomic E-state index is 0.0454. The average molecular weight is 356 g/mol. The molecule has 7 heteroatoms. The zero-order valence-corrected chi connectivity index (χ0v) is 13.1. The normalized spacial score (nSPS) is 21.8. The molecule has 21 heavy (non-hydrogen) atoms. The Kier molecular flexibility index (Phi) is 5.30. The van der Waals surface area contributed by atoms with E-state index >= 15 is 0 Å². The number of halogens is 1. The van der Waals surface area contributed by atoms with Crippen molar-refractivity contribution in [2.45, 2.75) is 31.7 Å². The van der Waals surface area contributed by atoms with Gasteiger partial charge in [-0.25, -0.2) is 0 Å². The van der Waals surface area contributed by atoms with Crippen LogP contribution in [0.15, 0.2) is 22.7 Å². The van der Waals surface area contributed by atoms with Gasteiger partial charge in [0.25, 0.3) is 11.6 Å². The molecule has 2 rings (SSSR count). The topological polar surface area (TPSA) is 98.3 Å². The van der Waals surface area contributed by atoms with Gasteiger partial charge in [0, 0.05) is 22.6 Å². The van der Waals surface area contributed by atoms with Crippen LogP contribution in [0.4, 0.5) is 5.69 Å². The molecular formula is C14H18BrN3O3. The monoisotopic (exact) mass is 355 g/mol. The molecule has 2 atom stereocenters. The van der Waals surface area contributed by atoms with Gasteiger partial charge in [0.1, 0.15) is 0 Å². The zero-order chi connectivity index (χ0) is 15.4. The highest BCUT2D eigenvalue weighted by molar-refractivity contribution is 9.10. The molecule has 0 radical (unpaired) electrons. The number of hydrogen-bond acceptors (Lipinski definition) is 4. The minimum Gasteiger partial charge on any atom is -0.349 e. The summed E-state index contributed by atoms with van der Waals surface area (Å²) in [6, 6.07) is 4.23. The van der Waals surface area contributed by atoms with Gasteiger partial charge in [0.05, 0.1) is 10.5 Å². The Labute approximate surface area is 131 Å². The van der Waals surface area contributed by atoms with E-state index in [0.29, 0.717) is 22.5 Å². The number of carbonyl (C=O) groups is 1. The standard InChI is InChI=1S/C14H18BrN3O3/c15-12-7-10(18(20)21)5-6-11(12)14(19)17-13-4-2-1-3-9(13)8-16/h5-7,9,13H,1-4,8,16H2,(H,17,19). The molecular weight excluding hydrogens is 338 g/mol. The summed E-state index contributed by atoms with van der Waals surface area (Å²) in [5.74, 6) is 0.0849. The summed E-state index contributed by atoms with van der Waals surface area (Å²) >= 11 is 3.22. The van der Waals surface area contributed by atoms with E-state index in [2.05, 4.69) is 21.2 Å². The Hall–Kier alpha value is -1.47. The molecule has 0 saturated heterocycles. The molecule has 3 N–H and O–H groups in total. The van der Waals surface area contributed by atoms with Crippen molar-refractivity contribution in [3.05, 3.63) is 38.3 Å². The first-order valence-electron chi connectivity index (χ1n) is 6.97. The number of nitrogens with one attached hydrogen (secondary N) is 1. The number of nitro groups is 1. The Balaban J connectivity index is 2.11. The van der Waals surface area contributed by atoms with Crippen LogP contribution in [0.2, 0.25) is 0 Å². The Bertz CT molecular complexity index is 550. The third-order valence-corrected chi connectivity index (χ3v) is 4.59. The first kappa shape index (κ1) is 15.9. The molecule has 114 valence electrons. The third kappa shape index (κ3) is 3.79. The fourth-order valence-electron chi connectivity index (χ4n) is 2.73. The van der Waals surface area contributed by atoms with E-state index in [4.69, 9.17) is 5.73 Å². The van der Waals surface area contributed by atoms with Crippen LogP contribution in [-0.2, 0) is 0 Å². The van der Waals surface area contributed by atoms with E-state index in [9.17, 15) is 14.9 Å². The number of amides is 1. The lowest BCUT2D eigenvalue weighted by Gasteiger charge is -2.31. The van der Waals surface area contributed by atoms with E-state index in [0.717, 1.165) is 25.7 Å². The maximum Gasteiger partial charge on any atom is 0.270 e. The summed E-state index contributed by atoms with van der Waals surface area (Å²) in [6.45, 7) is 0.562. The lowest BCUT2D eigenvalue weighted by Crippen LogP contribution is -2.44. The number of hydrogen-bond donors (Lipinski definition) is 2. The van der Waals surface area contributed by atoms with Crippen LogP contribution in [0, 0.1) is 16.0 Å². The highest BCUT2D eigenvalue weighted by Crippen LogP contribution is 2.26. The van der Waals surface area contributed by atoms with Gasteiger partial charge in [-0.15, -0.1) is 0 Å². The first-order valence-corrected chi connectivity index (χ1v) is 7.77. The molecule has 6 nitrogen and oxygen atoms in total. The minimum atomic E-state index is -0.488. The van der Waals surface area contributed by atoms with Crippen molar-refractivity contribution in [3.63, 3.8) is 0 Å². The Morgan fingerprint density at radius 1 is 1.43 bits per heavy atom. The van der Waals surface area contributed by atoms with Crippen molar-refractivity contribution in [1.82, 2.24) is 5.32 Å². The van der Waals surface area contributed by atoms with Crippen LogP contribution in [0.25, 0.3) is 0 Å². The molecule has 0 spiro atoms. The van der Waals surface area contributed by atoms with Gasteiger partial charge < -0.3 is 11.1 Å². The predicted molar refractivity (Wildman–Crippen MR) is 83.1 cm³/mol. The summed E-state index contributed by atoms with van der Waals surface area (Å²) < 4.78 is 0.425. The van der Waals surface area contributed by atoms with E-state index in [-0.39, 0.29) is 17.6 Å². The van der Waals surface area contributed by atoms with Crippen molar-refractivity contribution in [3.8, 4) is 0 Å². The molecule has 0 aromatic heterocycles.